The molecule has 1 nitrogen and oxygen atoms in total. The molecular weight excluding hydrogens is 366 g/mol. The zero-order valence-electron chi connectivity index (χ0n) is 11.0. The Morgan fingerprint density at radius 2 is 1.00 bits per heavy atom. The van der Waals surface area contributed by atoms with Crippen LogP contribution in [0.1, 0.15) is 37.1 Å². The Labute approximate surface area is 131 Å². The summed E-state index contributed by atoms with van der Waals surface area (Å²) in [6.45, 7) is 4.39. The number of hydrogen-bond donors (Lipinski definition) is 1. The fourth-order valence-electron chi connectivity index (χ4n) is 2.07. The molecule has 0 saturated carbocycles. The van der Waals surface area contributed by atoms with Gasteiger partial charge in [0.25, 0.3) is 0 Å². The van der Waals surface area contributed by atoms with Gasteiger partial charge in [-0.15, -0.1) is 0 Å². The molecule has 100 valence electrons. The second-order valence-corrected chi connectivity index (χ2v) is 6.54. The summed E-state index contributed by atoms with van der Waals surface area (Å²) in [6, 6.07) is 17.6. The lowest BCUT2D eigenvalue weighted by Crippen LogP contribution is -2.22. The summed E-state index contributed by atoms with van der Waals surface area (Å²) in [5, 5.41) is 3.62. The van der Waals surface area contributed by atoms with Crippen molar-refractivity contribution in [3.05, 3.63) is 68.6 Å². The van der Waals surface area contributed by atoms with Crippen molar-refractivity contribution < 1.29 is 0 Å². The Morgan fingerprint density at radius 1 is 0.684 bits per heavy atom. The number of rotatable bonds is 4. The van der Waals surface area contributed by atoms with Gasteiger partial charge in [-0.2, -0.15) is 0 Å². The third-order valence-electron chi connectivity index (χ3n) is 3.24. The van der Waals surface area contributed by atoms with Crippen molar-refractivity contribution in [1.82, 2.24) is 5.32 Å². The van der Waals surface area contributed by atoms with Crippen LogP contribution in [0.4, 0.5) is 0 Å². The van der Waals surface area contributed by atoms with Crippen molar-refractivity contribution in [3.8, 4) is 0 Å². The third-order valence-corrected chi connectivity index (χ3v) is 4.30. The van der Waals surface area contributed by atoms with E-state index in [0.717, 1.165) is 8.95 Å². The Morgan fingerprint density at radius 3 is 1.32 bits per heavy atom. The van der Waals surface area contributed by atoms with Crippen LogP contribution in [0.2, 0.25) is 0 Å². The van der Waals surface area contributed by atoms with E-state index >= 15 is 0 Å². The minimum Gasteiger partial charge on any atom is -0.304 e. The molecule has 2 aromatic carbocycles. The van der Waals surface area contributed by atoms with Gasteiger partial charge in [0.05, 0.1) is 0 Å². The van der Waals surface area contributed by atoms with Gasteiger partial charge in [-0.05, 0) is 49.2 Å². The lowest BCUT2D eigenvalue weighted by atomic mass is 10.0. The molecule has 0 aromatic heterocycles. The van der Waals surface area contributed by atoms with Crippen LogP contribution in [0.5, 0.6) is 0 Å². The highest BCUT2D eigenvalue weighted by atomic mass is 79.9. The zero-order chi connectivity index (χ0) is 13.8. The maximum atomic E-state index is 3.62. The van der Waals surface area contributed by atoms with Gasteiger partial charge in [-0.25, -0.2) is 0 Å². The van der Waals surface area contributed by atoms with E-state index in [1.165, 1.54) is 11.1 Å². The van der Waals surface area contributed by atoms with Gasteiger partial charge in [-0.3, -0.25) is 0 Å². The Kier molecular flexibility index (Phi) is 5.20. The highest BCUT2D eigenvalue weighted by molar-refractivity contribution is 9.10. The van der Waals surface area contributed by atoms with Crippen LogP contribution in [0.15, 0.2) is 57.5 Å². The Balaban J connectivity index is 2.03. The molecule has 2 aromatic rings. The summed E-state index contributed by atoms with van der Waals surface area (Å²) in [4.78, 5) is 0. The summed E-state index contributed by atoms with van der Waals surface area (Å²) >= 11 is 6.93. The van der Waals surface area contributed by atoms with Gasteiger partial charge < -0.3 is 5.32 Å². The first-order chi connectivity index (χ1) is 9.06. The summed E-state index contributed by atoms with van der Waals surface area (Å²) < 4.78 is 2.23. The van der Waals surface area contributed by atoms with Gasteiger partial charge in [0.15, 0.2) is 0 Å². The molecule has 0 aliphatic carbocycles. The maximum absolute atomic E-state index is 3.62. The Bertz CT molecular complexity index is 470. The monoisotopic (exact) mass is 381 g/mol. The maximum Gasteiger partial charge on any atom is 0.0297 e. The van der Waals surface area contributed by atoms with E-state index in [-0.39, 0.29) is 0 Å². The normalized spacial score (nSPS) is 14.1. The van der Waals surface area contributed by atoms with Gasteiger partial charge >= 0.3 is 0 Å². The molecule has 0 amide bonds. The Hall–Kier alpha value is -0.640. The predicted molar refractivity (Wildman–Crippen MR) is 88.2 cm³/mol. The lowest BCUT2D eigenvalue weighted by molar-refractivity contribution is 0.494. The van der Waals surface area contributed by atoms with Crippen molar-refractivity contribution >= 4 is 31.9 Å². The number of nitrogens with one attached hydrogen (secondary N) is 1. The molecule has 19 heavy (non-hydrogen) atoms. The average Bonchev–Trinajstić information content (AvgIpc) is 2.40. The molecule has 0 aliphatic heterocycles. The summed E-state index contributed by atoms with van der Waals surface area (Å²) in [5.74, 6) is 0. The number of hydrogen-bond acceptors (Lipinski definition) is 1. The average molecular weight is 383 g/mol. The minimum atomic E-state index is 0.326. The van der Waals surface area contributed by atoms with Gasteiger partial charge in [0.2, 0.25) is 0 Å². The first-order valence-electron chi connectivity index (χ1n) is 6.33. The van der Waals surface area contributed by atoms with Gasteiger partial charge in [-0.1, -0.05) is 56.1 Å². The van der Waals surface area contributed by atoms with Crippen LogP contribution in [-0.2, 0) is 0 Å². The zero-order valence-corrected chi connectivity index (χ0v) is 14.2. The van der Waals surface area contributed by atoms with Crippen LogP contribution < -0.4 is 5.32 Å². The molecular formula is C16H17Br2N. The van der Waals surface area contributed by atoms with E-state index in [1.54, 1.807) is 0 Å². The highest BCUT2D eigenvalue weighted by Crippen LogP contribution is 2.22. The standard InChI is InChI=1S/C16H17Br2N/c1-11(13-3-7-15(17)8-4-13)19-12(2)14-5-9-16(18)10-6-14/h3-12,19H,1-2H3/t11-,12?/m0/s1. The summed E-state index contributed by atoms with van der Waals surface area (Å²) in [7, 11) is 0. The van der Waals surface area contributed by atoms with E-state index in [1.807, 2.05) is 0 Å². The quantitative estimate of drug-likeness (QED) is 0.723. The van der Waals surface area contributed by atoms with Crippen molar-refractivity contribution in [3.63, 3.8) is 0 Å². The van der Waals surface area contributed by atoms with Gasteiger partial charge in [0.1, 0.15) is 0 Å². The molecule has 0 aliphatic rings. The van der Waals surface area contributed by atoms with E-state index < -0.39 is 0 Å². The van der Waals surface area contributed by atoms with E-state index in [0.29, 0.717) is 12.1 Å². The SMILES string of the molecule is CC(N[C@@H](C)c1ccc(Br)cc1)c1ccc(Br)cc1. The minimum absolute atomic E-state index is 0.326. The number of benzene rings is 2. The van der Waals surface area contributed by atoms with Crippen molar-refractivity contribution in [2.24, 2.45) is 0 Å². The molecule has 0 saturated heterocycles. The molecule has 0 fully saturated rings. The second-order valence-electron chi connectivity index (χ2n) is 4.71. The second kappa shape index (κ2) is 6.69. The largest absolute Gasteiger partial charge is 0.304 e. The smallest absolute Gasteiger partial charge is 0.0297 e. The van der Waals surface area contributed by atoms with Crippen LogP contribution >= 0.6 is 31.9 Å². The molecule has 2 rings (SSSR count). The van der Waals surface area contributed by atoms with Crippen molar-refractivity contribution in [2.45, 2.75) is 25.9 Å². The third kappa shape index (κ3) is 4.16. The molecule has 0 radical (unpaired) electrons. The van der Waals surface area contributed by atoms with E-state index in [4.69, 9.17) is 0 Å². The summed E-state index contributed by atoms with van der Waals surface area (Å²) in [5.41, 5.74) is 2.60. The predicted octanol–water partition coefficient (Wildman–Crippen LogP) is 5.62. The highest BCUT2D eigenvalue weighted by Gasteiger charge is 2.10. The molecule has 0 heterocycles. The van der Waals surface area contributed by atoms with Crippen LogP contribution in [0.3, 0.4) is 0 Å². The van der Waals surface area contributed by atoms with E-state index in [9.17, 15) is 0 Å². The van der Waals surface area contributed by atoms with Crippen LogP contribution in [0.25, 0.3) is 0 Å². The van der Waals surface area contributed by atoms with Crippen molar-refractivity contribution in [1.29, 1.82) is 0 Å². The molecule has 1 N–H and O–H groups in total. The van der Waals surface area contributed by atoms with Crippen molar-refractivity contribution in [2.75, 3.05) is 0 Å². The molecule has 0 bridgehead atoms. The number of halogens is 2. The first kappa shape index (κ1) is 14.8. The van der Waals surface area contributed by atoms with Crippen LogP contribution in [0, 0.1) is 0 Å². The topological polar surface area (TPSA) is 12.0 Å². The van der Waals surface area contributed by atoms with E-state index in [2.05, 4.69) is 99.6 Å². The lowest BCUT2D eigenvalue weighted by Gasteiger charge is -2.21. The summed E-state index contributed by atoms with van der Waals surface area (Å²) in [6.07, 6.45) is 0. The van der Waals surface area contributed by atoms with Gasteiger partial charge in [0, 0.05) is 21.0 Å². The fraction of sp³-hybridized carbons (Fsp3) is 0.250. The fourth-order valence-corrected chi connectivity index (χ4v) is 2.60. The molecule has 1 unspecified atom stereocenters. The first-order valence-corrected chi connectivity index (χ1v) is 7.92. The molecule has 2 atom stereocenters. The molecule has 3 heteroatoms. The van der Waals surface area contributed by atoms with Crippen LogP contribution in [-0.4, -0.2) is 0 Å². The molecule has 0 spiro atoms.